The summed E-state index contributed by atoms with van der Waals surface area (Å²) in [5.74, 6) is -0.530. The third-order valence-electron chi connectivity index (χ3n) is 2.44. The molecule has 0 aliphatic heterocycles. The maximum absolute atomic E-state index is 11.0. The number of hydrogen-bond acceptors (Lipinski definition) is 4. The Labute approximate surface area is 105 Å². The highest BCUT2D eigenvalue weighted by Gasteiger charge is 2.21. The number of benzene rings is 1. The van der Waals surface area contributed by atoms with Crippen molar-refractivity contribution in [2.24, 2.45) is 0 Å². The molecule has 1 N–H and O–H groups in total. The minimum atomic E-state index is -1.06. The van der Waals surface area contributed by atoms with Gasteiger partial charge in [-0.15, -0.1) is 0 Å². The second kappa shape index (κ2) is 6.64. The summed E-state index contributed by atoms with van der Waals surface area (Å²) < 4.78 is 10.5. The first-order valence-corrected chi connectivity index (χ1v) is 5.65. The van der Waals surface area contributed by atoms with Crippen molar-refractivity contribution in [3.8, 4) is 11.5 Å². The first-order valence-electron chi connectivity index (χ1n) is 5.65. The molecule has 0 bridgehead atoms. The van der Waals surface area contributed by atoms with E-state index in [9.17, 15) is 9.59 Å². The van der Waals surface area contributed by atoms with E-state index in [1.165, 1.54) is 7.11 Å². The lowest BCUT2D eigenvalue weighted by Gasteiger charge is -2.17. The van der Waals surface area contributed by atoms with Gasteiger partial charge in [0.1, 0.15) is 0 Å². The van der Waals surface area contributed by atoms with Gasteiger partial charge in [-0.3, -0.25) is 4.79 Å². The van der Waals surface area contributed by atoms with Gasteiger partial charge in [0.05, 0.1) is 12.7 Å². The Morgan fingerprint density at radius 1 is 1.50 bits per heavy atom. The molecule has 0 aromatic heterocycles. The quantitative estimate of drug-likeness (QED) is 0.752. The number of aliphatic carboxylic acids is 1. The average molecular weight is 252 g/mol. The van der Waals surface area contributed by atoms with Crippen LogP contribution in [0.3, 0.4) is 0 Å². The molecule has 18 heavy (non-hydrogen) atoms. The molecule has 0 heterocycles. The van der Waals surface area contributed by atoms with Crippen molar-refractivity contribution in [3.05, 3.63) is 23.8 Å². The lowest BCUT2D eigenvalue weighted by Crippen LogP contribution is -2.27. The van der Waals surface area contributed by atoms with Gasteiger partial charge in [0, 0.05) is 0 Å². The van der Waals surface area contributed by atoms with Crippen molar-refractivity contribution in [1.82, 2.24) is 0 Å². The molecular formula is C13H16O5. The predicted molar refractivity (Wildman–Crippen MR) is 65.3 cm³/mol. The maximum atomic E-state index is 11.0. The van der Waals surface area contributed by atoms with Gasteiger partial charge in [0.25, 0.3) is 0 Å². The van der Waals surface area contributed by atoms with E-state index in [0.717, 1.165) is 0 Å². The van der Waals surface area contributed by atoms with Crippen LogP contribution in [0.1, 0.15) is 30.1 Å². The molecule has 1 rings (SSSR count). The lowest BCUT2D eigenvalue weighted by atomic mass is 10.1. The van der Waals surface area contributed by atoms with Gasteiger partial charge in [-0.2, -0.15) is 0 Å². The summed E-state index contributed by atoms with van der Waals surface area (Å²) in [6.45, 7) is 1.86. The molecule has 0 aliphatic rings. The molecule has 0 saturated heterocycles. The number of carbonyl (C=O) groups is 2. The lowest BCUT2D eigenvalue weighted by molar-refractivity contribution is -0.145. The van der Waals surface area contributed by atoms with E-state index in [4.69, 9.17) is 14.6 Å². The van der Waals surface area contributed by atoms with Crippen molar-refractivity contribution in [2.45, 2.75) is 25.9 Å². The van der Waals surface area contributed by atoms with E-state index in [1.807, 2.05) is 6.92 Å². The third-order valence-corrected chi connectivity index (χ3v) is 2.44. The maximum Gasteiger partial charge on any atom is 0.344 e. The van der Waals surface area contributed by atoms with Crippen LogP contribution in [-0.4, -0.2) is 30.6 Å². The zero-order valence-corrected chi connectivity index (χ0v) is 10.4. The summed E-state index contributed by atoms with van der Waals surface area (Å²) in [5, 5.41) is 9.04. The van der Waals surface area contributed by atoms with Gasteiger partial charge in [-0.05, 0) is 18.6 Å². The monoisotopic (exact) mass is 252 g/mol. The number of aldehydes is 1. The molecule has 0 amide bonds. The molecule has 0 fully saturated rings. The van der Waals surface area contributed by atoms with E-state index < -0.39 is 12.1 Å². The van der Waals surface area contributed by atoms with Gasteiger partial charge < -0.3 is 14.6 Å². The van der Waals surface area contributed by atoms with Gasteiger partial charge in [0.2, 0.25) is 0 Å². The molecular weight excluding hydrogens is 236 g/mol. The largest absolute Gasteiger partial charge is 0.493 e. The Kier molecular flexibility index (Phi) is 5.17. The minimum Gasteiger partial charge on any atom is -0.493 e. The summed E-state index contributed by atoms with van der Waals surface area (Å²) >= 11 is 0. The van der Waals surface area contributed by atoms with Crippen LogP contribution in [0.25, 0.3) is 0 Å². The number of carboxylic acid groups (broad SMARTS) is 1. The molecule has 5 nitrogen and oxygen atoms in total. The Morgan fingerprint density at radius 3 is 2.72 bits per heavy atom. The van der Waals surface area contributed by atoms with Crippen molar-refractivity contribution in [3.63, 3.8) is 0 Å². The first kappa shape index (κ1) is 14.0. The fourth-order valence-corrected chi connectivity index (χ4v) is 1.55. The van der Waals surface area contributed by atoms with Gasteiger partial charge in [-0.25, -0.2) is 4.79 Å². The summed E-state index contributed by atoms with van der Waals surface area (Å²) in [4.78, 5) is 22.0. The number of para-hydroxylation sites is 1. The van der Waals surface area contributed by atoms with Crippen LogP contribution >= 0.6 is 0 Å². The molecule has 0 spiro atoms. The standard InChI is InChI=1S/C13H16O5/c1-3-5-11(13(15)16)18-12-9(8-14)6-4-7-10(12)17-2/h4,6-8,11H,3,5H2,1-2H3,(H,15,16). The van der Waals surface area contributed by atoms with Crippen molar-refractivity contribution in [1.29, 1.82) is 0 Å². The number of hydrogen-bond donors (Lipinski definition) is 1. The van der Waals surface area contributed by atoms with Crippen molar-refractivity contribution < 1.29 is 24.2 Å². The molecule has 1 unspecified atom stereocenters. The molecule has 0 radical (unpaired) electrons. The van der Waals surface area contributed by atoms with Crippen LogP contribution in [0.4, 0.5) is 0 Å². The zero-order valence-electron chi connectivity index (χ0n) is 10.4. The number of ether oxygens (including phenoxy) is 2. The SMILES string of the molecule is CCCC(Oc1c(C=O)cccc1OC)C(=O)O. The fourth-order valence-electron chi connectivity index (χ4n) is 1.55. The van der Waals surface area contributed by atoms with Gasteiger partial charge in [-0.1, -0.05) is 19.4 Å². The highest BCUT2D eigenvalue weighted by atomic mass is 16.5. The minimum absolute atomic E-state index is 0.177. The summed E-state index contributed by atoms with van der Waals surface area (Å²) in [6.07, 6.45) is 0.668. The molecule has 5 heteroatoms. The smallest absolute Gasteiger partial charge is 0.344 e. The topological polar surface area (TPSA) is 72.8 Å². The first-order chi connectivity index (χ1) is 8.63. The number of carboxylic acids is 1. The normalized spacial score (nSPS) is 11.7. The molecule has 98 valence electrons. The Balaban J connectivity index is 3.06. The summed E-state index contributed by atoms with van der Waals surface area (Å²) in [6, 6.07) is 4.81. The van der Waals surface area contributed by atoms with E-state index in [2.05, 4.69) is 0 Å². The van der Waals surface area contributed by atoms with Crippen molar-refractivity contribution in [2.75, 3.05) is 7.11 Å². The predicted octanol–water partition coefficient (Wildman–Crippen LogP) is 2.14. The summed E-state index contributed by atoms with van der Waals surface area (Å²) in [7, 11) is 1.44. The van der Waals surface area contributed by atoms with E-state index in [-0.39, 0.29) is 11.3 Å². The van der Waals surface area contributed by atoms with Crippen LogP contribution < -0.4 is 9.47 Å². The van der Waals surface area contributed by atoms with Gasteiger partial charge >= 0.3 is 5.97 Å². The fraction of sp³-hybridized carbons (Fsp3) is 0.385. The highest BCUT2D eigenvalue weighted by Crippen LogP contribution is 2.31. The molecule has 1 aromatic rings. The molecule has 1 atom stereocenters. The molecule has 0 saturated carbocycles. The molecule has 0 aliphatic carbocycles. The Hall–Kier alpha value is -2.04. The highest BCUT2D eigenvalue weighted by molar-refractivity contribution is 5.82. The number of rotatable bonds is 7. The Morgan fingerprint density at radius 2 is 2.22 bits per heavy atom. The average Bonchev–Trinajstić information content (AvgIpc) is 2.38. The van der Waals surface area contributed by atoms with Crippen molar-refractivity contribution >= 4 is 12.3 Å². The second-order valence-electron chi connectivity index (χ2n) is 3.73. The van der Waals surface area contributed by atoms with E-state index in [1.54, 1.807) is 18.2 Å². The summed E-state index contributed by atoms with van der Waals surface area (Å²) in [5.41, 5.74) is 0.275. The van der Waals surface area contributed by atoms with E-state index in [0.29, 0.717) is 24.9 Å². The Bertz CT molecular complexity index is 427. The van der Waals surface area contributed by atoms with Crippen LogP contribution in [-0.2, 0) is 4.79 Å². The number of methoxy groups -OCH3 is 1. The van der Waals surface area contributed by atoms with Gasteiger partial charge in [0.15, 0.2) is 23.9 Å². The number of carbonyl (C=O) groups excluding carboxylic acids is 1. The van der Waals surface area contributed by atoms with Crippen LogP contribution in [0.5, 0.6) is 11.5 Å². The van der Waals surface area contributed by atoms with Crippen LogP contribution in [0.2, 0.25) is 0 Å². The zero-order chi connectivity index (χ0) is 13.5. The van der Waals surface area contributed by atoms with Crippen LogP contribution in [0.15, 0.2) is 18.2 Å². The van der Waals surface area contributed by atoms with Crippen LogP contribution in [0, 0.1) is 0 Å². The molecule has 1 aromatic carbocycles. The van der Waals surface area contributed by atoms with E-state index >= 15 is 0 Å². The third kappa shape index (κ3) is 3.23. The second-order valence-corrected chi connectivity index (χ2v) is 3.73.